The highest BCUT2D eigenvalue weighted by atomic mass is 15.5. The zero-order chi connectivity index (χ0) is 7.72. The second-order valence-electron chi connectivity index (χ2n) is 3.06. The normalized spacial score (nSPS) is 25.1. The average Bonchev–Trinajstić information content (AvgIpc) is 2.14. The van der Waals surface area contributed by atoms with Crippen LogP contribution in [0, 0.1) is 5.92 Å². The summed E-state index contributed by atoms with van der Waals surface area (Å²) in [5.41, 5.74) is 1.25. The van der Waals surface area contributed by atoms with Crippen LogP contribution in [0.1, 0.15) is 20.8 Å². The molecule has 0 fully saturated rings. The highest BCUT2D eigenvalue weighted by Gasteiger charge is 2.30. The number of hydrogen-bond acceptors (Lipinski definition) is 2. The summed E-state index contributed by atoms with van der Waals surface area (Å²) in [6.07, 6.45) is 0. The topological polar surface area (TPSA) is 27.7 Å². The lowest BCUT2D eigenvalue weighted by Crippen LogP contribution is -2.22. The molecule has 3 nitrogen and oxygen atoms in total. The van der Waals surface area contributed by atoms with Crippen LogP contribution in [0.15, 0.2) is 10.3 Å². The summed E-state index contributed by atoms with van der Waals surface area (Å²) < 4.78 is 1.84. The Morgan fingerprint density at radius 3 is 2.30 bits per heavy atom. The molecule has 0 amide bonds. The van der Waals surface area contributed by atoms with E-state index in [9.17, 15) is 0 Å². The van der Waals surface area contributed by atoms with Gasteiger partial charge in [-0.05, 0) is 0 Å². The Labute approximate surface area is 61.4 Å². The minimum absolute atomic E-state index is 0.310. The van der Waals surface area contributed by atoms with Crippen LogP contribution in [0.25, 0.3) is 0 Å². The molecule has 1 unspecified atom stereocenters. The van der Waals surface area contributed by atoms with Gasteiger partial charge in [-0.3, -0.25) is 0 Å². The van der Waals surface area contributed by atoms with Crippen molar-refractivity contribution < 1.29 is 4.68 Å². The summed E-state index contributed by atoms with van der Waals surface area (Å²) in [5.74, 6) is 0.564. The summed E-state index contributed by atoms with van der Waals surface area (Å²) in [5, 5.41) is 8.05. The van der Waals surface area contributed by atoms with Gasteiger partial charge in [0.25, 0.3) is 0 Å². The van der Waals surface area contributed by atoms with Crippen LogP contribution in [0.5, 0.6) is 0 Å². The van der Waals surface area contributed by atoms with Gasteiger partial charge in [0.05, 0.1) is 0 Å². The van der Waals surface area contributed by atoms with Crippen LogP contribution in [0.4, 0.5) is 0 Å². The van der Waals surface area contributed by atoms with E-state index in [0.717, 1.165) is 0 Å². The van der Waals surface area contributed by atoms with Gasteiger partial charge in [-0.2, -0.15) is 0 Å². The maximum Gasteiger partial charge on any atom is 0.227 e. The van der Waals surface area contributed by atoms with Crippen molar-refractivity contribution in [2.24, 2.45) is 16.3 Å². The maximum atomic E-state index is 4.11. The molecule has 0 aromatic heterocycles. The third-order valence-electron chi connectivity index (χ3n) is 1.88. The fourth-order valence-corrected chi connectivity index (χ4v) is 1.09. The summed E-state index contributed by atoms with van der Waals surface area (Å²) in [4.78, 5) is 0. The predicted molar refractivity (Wildman–Crippen MR) is 40.3 cm³/mol. The molecule has 0 saturated carbocycles. The molecule has 10 heavy (non-hydrogen) atoms. The molecule has 1 atom stereocenters. The Kier molecular flexibility index (Phi) is 1.83. The van der Waals surface area contributed by atoms with E-state index in [1.54, 1.807) is 0 Å². The zero-order valence-electron chi connectivity index (χ0n) is 7.00. The van der Waals surface area contributed by atoms with Gasteiger partial charge in [0.2, 0.25) is 6.04 Å². The Morgan fingerprint density at radius 1 is 1.50 bits per heavy atom. The first kappa shape index (κ1) is 7.38. The molecule has 0 saturated heterocycles. The van der Waals surface area contributed by atoms with E-state index in [1.807, 2.05) is 11.7 Å². The van der Waals surface area contributed by atoms with E-state index in [4.69, 9.17) is 0 Å². The fraction of sp³-hybridized carbons (Fsp3) is 0.857. The van der Waals surface area contributed by atoms with Crippen molar-refractivity contribution in [3.8, 4) is 0 Å². The van der Waals surface area contributed by atoms with Crippen molar-refractivity contribution in [1.82, 2.24) is 0 Å². The molecule has 1 aliphatic rings. The van der Waals surface area contributed by atoms with Crippen molar-refractivity contribution in [3.05, 3.63) is 0 Å². The molecule has 3 heteroatoms. The first-order chi connectivity index (χ1) is 4.63. The van der Waals surface area contributed by atoms with Crippen molar-refractivity contribution in [2.75, 3.05) is 7.05 Å². The third kappa shape index (κ3) is 1.08. The lowest BCUT2D eigenvalue weighted by molar-refractivity contribution is -0.505. The maximum absolute atomic E-state index is 4.11. The number of hydrogen-bond donors (Lipinski definition) is 0. The second kappa shape index (κ2) is 2.48. The quantitative estimate of drug-likeness (QED) is 0.494. The molecule has 0 N–H and O–H groups in total. The van der Waals surface area contributed by atoms with E-state index in [0.29, 0.717) is 12.0 Å². The summed E-state index contributed by atoms with van der Waals surface area (Å²) in [7, 11) is 1.93. The summed E-state index contributed by atoms with van der Waals surface area (Å²) >= 11 is 0. The van der Waals surface area contributed by atoms with Crippen molar-refractivity contribution in [2.45, 2.75) is 26.8 Å². The molecule has 0 spiro atoms. The first-order valence-electron chi connectivity index (χ1n) is 3.61. The first-order valence-corrected chi connectivity index (χ1v) is 3.61. The fourth-order valence-electron chi connectivity index (χ4n) is 1.09. The van der Waals surface area contributed by atoms with Crippen LogP contribution in [-0.4, -0.2) is 23.5 Å². The highest BCUT2D eigenvalue weighted by Crippen LogP contribution is 2.13. The highest BCUT2D eigenvalue weighted by molar-refractivity contribution is 5.83. The van der Waals surface area contributed by atoms with Crippen LogP contribution >= 0.6 is 0 Å². The Morgan fingerprint density at radius 2 is 2.10 bits per heavy atom. The van der Waals surface area contributed by atoms with Gasteiger partial charge in [-0.15, -0.1) is 4.68 Å². The molecule has 0 aliphatic carbocycles. The monoisotopic (exact) mass is 140 g/mol. The molecule has 56 valence electrons. The third-order valence-corrected chi connectivity index (χ3v) is 1.88. The van der Waals surface area contributed by atoms with Gasteiger partial charge >= 0.3 is 0 Å². The zero-order valence-corrected chi connectivity index (χ0v) is 7.00. The minimum Gasteiger partial charge on any atom is -0.138 e. The number of rotatable bonds is 1. The Bertz CT molecular complexity index is 191. The molecular weight excluding hydrogens is 126 g/mol. The van der Waals surface area contributed by atoms with E-state index in [-0.39, 0.29) is 0 Å². The van der Waals surface area contributed by atoms with Gasteiger partial charge in [-0.25, -0.2) is 0 Å². The van der Waals surface area contributed by atoms with Crippen molar-refractivity contribution >= 4 is 5.71 Å². The Balaban J connectivity index is 2.78. The van der Waals surface area contributed by atoms with Gasteiger partial charge in [-0.1, -0.05) is 13.8 Å². The SMILES string of the molecule is CC1=[N+](C)N=NC1C(C)C. The summed E-state index contributed by atoms with van der Waals surface area (Å²) in [6.45, 7) is 6.39. The van der Waals surface area contributed by atoms with Crippen LogP contribution in [-0.2, 0) is 0 Å². The lowest BCUT2D eigenvalue weighted by atomic mass is 10.0. The molecular formula is C7H14N3+. The van der Waals surface area contributed by atoms with Crippen LogP contribution < -0.4 is 0 Å². The lowest BCUT2D eigenvalue weighted by Gasteiger charge is -2.02. The summed E-state index contributed by atoms with van der Waals surface area (Å²) in [6, 6.07) is 0.310. The molecule has 1 rings (SSSR count). The van der Waals surface area contributed by atoms with E-state index >= 15 is 0 Å². The molecule has 0 aromatic carbocycles. The van der Waals surface area contributed by atoms with E-state index < -0.39 is 0 Å². The van der Waals surface area contributed by atoms with Gasteiger partial charge in [0, 0.05) is 18.0 Å². The van der Waals surface area contributed by atoms with Gasteiger partial charge < -0.3 is 0 Å². The van der Waals surface area contributed by atoms with Crippen molar-refractivity contribution in [1.29, 1.82) is 0 Å². The minimum atomic E-state index is 0.310. The average molecular weight is 140 g/mol. The van der Waals surface area contributed by atoms with Crippen molar-refractivity contribution in [3.63, 3.8) is 0 Å². The van der Waals surface area contributed by atoms with Crippen LogP contribution in [0.3, 0.4) is 0 Å². The molecule has 0 bridgehead atoms. The molecule has 1 aliphatic heterocycles. The number of nitrogens with zero attached hydrogens (tertiary/aromatic N) is 3. The van der Waals surface area contributed by atoms with Crippen LogP contribution in [0.2, 0.25) is 0 Å². The van der Waals surface area contributed by atoms with E-state index in [1.165, 1.54) is 5.71 Å². The largest absolute Gasteiger partial charge is 0.227 e. The Hall–Kier alpha value is -0.730. The van der Waals surface area contributed by atoms with Gasteiger partial charge in [0.1, 0.15) is 12.3 Å². The standard InChI is InChI=1S/C7H14N3/c1-5(2)7-6(3)10(4)9-8-7/h5,7H,1-4H3/q+1. The molecule has 0 radical (unpaired) electrons. The predicted octanol–water partition coefficient (Wildman–Crippen LogP) is 1.49. The van der Waals surface area contributed by atoms with E-state index in [2.05, 4.69) is 31.1 Å². The smallest absolute Gasteiger partial charge is 0.138 e. The second-order valence-corrected chi connectivity index (χ2v) is 3.06. The van der Waals surface area contributed by atoms with Gasteiger partial charge in [0.15, 0.2) is 5.71 Å². The molecule has 1 heterocycles. The molecule has 0 aromatic rings.